The maximum absolute atomic E-state index is 14.1. The zero-order chi connectivity index (χ0) is 22.9. The molecule has 0 bridgehead atoms. The third-order valence-electron chi connectivity index (χ3n) is 5.04. The van der Waals surface area contributed by atoms with Crippen molar-refractivity contribution in [2.75, 3.05) is 0 Å². The molecule has 10 heteroatoms. The number of aliphatic imine (C=N–C) groups is 1. The largest absolute Gasteiger partial charge is 0.416 e. The summed E-state index contributed by atoms with van der Waals surface area (Å²) in [6.07, 6.45) is -10.1. The van der Waals surface area contributed by atoms with Gasteiger partial charge in [0.05, 0.1) is 11.1 Å². The topological polar surface area (TPSA) is 62.2 Å². The molecule has 1 aliphatic heterocycles. The van der Waals surface area contributed by atoms with Crippen LogP contribution in [0, 0.1) is 18.2 Å². The second-order valence-electron chi connectivity index (χ2n) is 7.14. The molecular weight excluding hydrogens is 427 g/mol. The highest BCUT2D eigenvalue weighted by Gasteiger charge is 2.38. The quantitative estimate of drug-likeness (QED) is 0.447. The summed E-state index contributed by atoms with van der Waals surface area (Å²) in [6, 6.07) is 5.01. The van der Waals surface area contributed by atoms with Gasteiger partial charge in [0.2, 0.25) is 0 Å². The molecule has 0 aliphatic carbocycles. The summed E-state index contributed by atoms with van der Waals surface area (Å²) in [5, 5.41) is 8.34. The van der Waals surface area contributed by atoms with Gasteiger partial charge in [-0.15, -0.1) is 0 Å². The van der Waals surface area contributed by atoms with Crippen LogP contribution in [-0.4, -0.2) is 11.7 Å². The number of nitrogens with zero attached hydrogens (tertiary/aromatic N) is 1. The molecule has 3 nitrogen and oxygen atoms in total. The zero-order valence-corrected chi connectivity index (χ0v) is 15.6. The fourth-order valence-electron chi connectivity index (χ4n) is 3.62. The van der Waals surface area contributed by atoms with Gasteiger partial charge in [-0.1, -0.05) is 0 Å². The zero-order valence-electron chi connectivity index (χ0n) is 15.6. The summed E-state index contributed by atoms with van der Waals surface area (Å²) < 4.78 is 94.5. The molecule has 0 atom stereocenters. The average molecular weight is 439 g/mol. The number of rotatable bonds is 1. The minimum atomic E-state index is -5.04. The molecule has 0 radical (unpaired) electrons. The predicted octanol–water partition coefficient (Wildman–Crippen LogP) is 6.04. The highest BCUT2D eigenvalue weighted by Crippen LogP contribution is 2.43. The number of amidine groups is 2. The van der Waals surface area contributed by atoms with E-state index >= 15 is 0 Å². The Hall–Kier alpha value is -3.43. The second-order valence-corrected chi connectivity index (χ2v) is 7.14. The van der Waals surface area contributed by atoms with Gasteiger partial charge in [0.25, 0.3) is 0 Å². The summed E-state index contributed by atoms with van der Waals surface area (Å²) in [4.78, 5) is 3.79. The van der Waals surface area contributed by atoms with E-state index in [9.17, 15) is 30.7 Å². The maximum Gasteiger partial charge on any atom is 0.416 e. The van der Waals surface area contributed by atoms with Gasteiger partial charge in [0.1, 0.15) is 11.7 Å². The van der Waals surface area contributed by atoms with Crippen molar-refractivity contribution in [2.24, 2.45) is 10.7 Å². The third kappa shape index (κ3) is 3.41. The van der Waals surface area contributed by atoms with Crippen LogP contribution in [-0.2, 0) is 12.4 Å². The molecule has 0 fully saturated rings. The van der Waals surface area contributed by atoms with E-state index in [-0.39, 0.29) is 50.8 Å². The Morgan fingerprint density at radius 3 is 1.97 bits per heavy atom. The average Bonchev–Trinajstić information content (AvgIpc) is 2.93. The van der Waals surface area contributed by atoms with Gasteiger partial charge in [-0.3, -0.25) is 5.41 Å². The van der Waals surface area contributed by atoms with Gasteiger partial charge < -0.3 is 5.73 Å². The van der Waals surface area contributed by atoms with Crippen LogP contribution in [0.3, 0.4) is 0 Å². The predicted molar refractivity (Wildman–Crippen MR) is 102 cm³/mol. The van der Waals surface area contributed by atoms with Crippen molar-refractivity contribution in [3.63, 3.8) is 0 Å². The Balaban J connectivity index is 2.18. The number of hydrogen-bond acceptors (Lipinski definition) is 2. The molecule has 0 unspecified atom stereocenters. The van der Waals surface area contributed by atoms with Gasteiger partial charge in [0.15, 0.2) is 5.84 Å². The highest BCUT2D eigenvalue weighted by atomic mass is 19.4. The van der Waals surface area contributed by atoms with Crippen molar-refractivity contribution in [3.05, 3.63) is 70.0 Å². The minimum absolute atomic E-state index is 0.0270. The van der Waals surface area contributed by atoms with E-state index in [1.54, 1.807) is 0 Å². The third-order valence-corrected chi connectivity index (χ3v) is 5.04. The molecule has 0 saturated heterocycles. The number of fused-ring (bicyclic) bond motifs is 2. The monoisotopic (exact) mass is 439 g/mol. The van der Waals surface area contributed by atoms with Crippen molar-refractivity contribution in [3.8, 4) is 11.1 Å². The number of nitrogens with one attached hydrogen (secondary N) is 1. The lowest BCUT2D eigenvalue weighted by molar-refractivity contribution is -0.143. The molecule has 31 heavy (non-hydrogen) atoms. The molecule has 3 aromatic carbocycles. The summed E-state index contributed by atoms with van der Waals surface area (Å²) in [5.41, 5.74) is 2.66. The van der Waals surface area contributed by atoms with Crippen molar-refractivity contribution >= 4 is 22.4 Å². The lowest BCUT2D eigenvalue weighted by atomic mass is 9.87. The van der Waals surface area contributed by atoms with Gasteiger partial charge >= 0.3 is 12.4 Å². The van der Waals surface area contributed by atoms with Crippen LogP contribution in [0.5, 0.6) is 0 Å². The van der Waals surface area contributed by atoms with Crippen molar-refractivity contribution in [1.82, 2.24) is 0 Å². The van der Waals surface area contributed by atoms with Crippen LogP contribution in [0.15, 0.2) is 41.4 Å². The number of hydrogen-bond donors (Lipinski definition) is 2. The normalized spacial score (nSPS) is 14.2. The number of halogens is 7. The number of aryl methyl sites for hydroxylation is 1. The van der Waals surface area contributed by atoms with Crippen LogP contribution in [0.25, 0.3) is 21.9 Å². The molecule has 0 aromatic heterocycles. The number of benzene rings is 3. The fourth-order valence-corrected chi connectivity index (χ4v) is 3.62. The Morgan fingerprint density at radius 2 is 1.42 bits per heavy atom. The van der Waals surface area contributed by atoms with Crippen molar-refractivity contribution < 1.29 is 30.7 Å². The van der Waals surface area contributed by atoms with Crippen molar-refractivity contribution in [1.29, 1.82) is 5.41 Å². The molecular formula is C21H12F7N3. The Labute approximate surface area is 170 Å². The molecule has 0 saturated carbocycles. The molecule has 160 valence electrons. The summed E-state index contributed by atoms with van der Waals surface area (Å²) >= 11 is 0. The van der Waals surface area contributed by atoms with E-state index in [1.165, 1.54) is 19.1 Å². The Morgan fingerprint density at radius 1 is 0.839 bits per heavy atom. The van der Waals surface area contributed by atoms with Gasteiger partial charge in [-0.05, 0) is 65.2 Å². The molecule has 1 heterocycles. The van der Waals surface area contributed by atoms with E-state index in [1.807, 2.05) is 0 Å². The van der Waals surface area contributed by atoms with Crippen LogP contribution in [0.2, 0.25) is 0 Å². The van der Waals surface area contributed by atoms with E-state index < -0.39 is 34.9 Å². The molecule has 4 rings (SSSR count). The van der Waals surface area contributed by atoms with Gasteiger partial charge in [-0.25, -0.2) is 9.38 Å². The van der Waals surface area contributed by atoms with Crippen LogP contribution >= 0.6 is 0 Å². The summed E-state index contributed by atoms with van der Waals surface area (Å²) in [6.45, 7) is 1.42. The first-order chi connectivity index (χ1) is 14.3. The number of nitrogens with two attached hydrogens (primary N) is 1. The SMILES string of the molecule is Cc1cc2c(-c3cc(C(F)(F)F)cc(C(F)(F)F)c3)c3c(cc2cc1F)C(=N)N=C3N. The molecule has 0 amide bonds. The van der Waals surface area contributed by atoms with Gasteiger partial charge in [0, 0.05) is 16.7 Å². The van der Waals surface area contributed by atoms with Crippen molar-refractivity contribution in [2.45, 2.75) is 19.3 Å². The molecule has 1 aliphatic rings. The smallest absolute Gasteiger partial charge is 0.383 e. The number of alkyl halides is 6. The van der Waals surface area contributed by atoms with E-state index in [0.717, 1.165) is 6.07 Å². The maximum atomic E-state index is 14.1. The first kappa shape index (κ1) is 20.8. The van der Waals surface area contributed by atoms with Crippen LogP contribution in [0.4, 0.5) is 30.7 Å². The van der Waals surface area contributed by atoms with Crippen LogP contribution in [0.1, 0.15) is 27.8 Å². The molecule has 3 aromatic rings. The summed E-state index contributed by atoms with van der Waals surface area (Å²) in [5.74, 6) is -1.15. The minimum Gasteiger partial charge on any atom is -0.383 e. The second kappa shape index (κ2) is 6.53. The highest BCUT2D eigenvalue weighted by molar-refractivity contribution is 6.27. The molecule has 3 N–H and O–H groups in total. The Kier molecular flexibility index (Phi) is 4.39. The summed E-state index contributed by atoms with van der Waals surface area (Å²) in [7, 11) is 0. The van der Waals surface area contributed by atoms with Gasteiger partial charge in [-0.2, -0.15) is 26.3 Å². The first-order valence-corrected chi connectivity index (χ1v) is 8.77. The van der Waals surface area contributed by atoms with E-state index in [2.05, 4.69) is 4.99 Å². The van der Waals surface area contributed by atoms with E-state index in [0.29, 0.717) is 12.1 Å². The molecule has 0 spiro atoms. The van der Waals surface area contributed by atoms with Crippen LogP contribution < -0.4 is 5.73 Å². The lowest BCUT2D eigenvalue weighted by Crippen LogP contribution is -2.14. The first-order valence-electron chi connectivity index (χ1n) is 8.77. The Bertz CT molecular complexity index is 1270. The fraction of sp³-hybridized carbons (Fsp3) is 0.143. The standard InChI is InChI=1S/C21H12F7N3/c1-8-2-13-9(6-15(8)22)5-14-17(19(30)31-18(14)29)16(13)10-3-11(20(23,24)25)7-12(4-10)21(26,27)28/h2-7H,1H3,(H3,29,30,31). The lowest BCUT2D eigenvalue weighted by Gasteiger charge is -2.18. The van der Waals surface area contributed by atoms with E-state index in [4.69, 9.17) is 11.1 Å².